The number of Topliss-reactive ketones (excluding diaryl/α,β-unsaturated/α-hetero) is 1. The molecule has 0 bridgehead atoms. The van der Waals surface area contributed by atoms with E-state index < -0.39 is 29.9 Å². The minimum absolute atomic E-state index is 0.0264. The second-order valence-corrected chi connectivity index (χ2v) is 8.47. The van der Waals surface area contributed by atoms with Crippen molar-refractivity contribution in [3.05, 3.63) is 88.9 Å². The Morgan fingerprint density at radius 2 is 1.45 bits per heavy atom. The van der Waals surface area contributed by atoms with Crippen LogP contribution in [0.15, 0.2) is 82.1 Å². The van der Waals surface area contributed by atoms with E-state index in [4.69, 9.17) is 4.42 Å². The molecule has 0 spiro atoms. The first-order valence-corrected chi connectivity index (χ1v) is 12.4. The maximum atomic E-state index is 12.3. The van der Waals surface area contributed by atoms with Gasteiger partial charge in [0.2, 0.25) is 5.78 Å². The highest BCUT2D eigenvalue weighted by Gasteiger charge is 2.36. The number of aromatic hydroxyl groups is 1. The zero-order valence-corrected chi connectivity index (χ0v) is 21.0. The second-order valence-electron chi connectivity index (χ2n) is 8.47. The summed E-state index contributed by atoms with van der Waals surface area (Å²) in [5.74, 6) is -2.20. The third kappa shape index (κ3) is 11.5. The van der Waals surface area contributed by atoms with Crippen molar-refractivity contribution in [2.45, 2.75) is 57.5 Å². The molecule has 204 valence electrons. The highest BCUT2D eigenvalue weighted by Crippen LogP contribution is 2.20. The van der Waals surface area contributed by atoms with Crippen molar-refractivity contribution >= 4 is 22.7 Å². The SMILES string of the molecule is O=C(NCCC/C=C\C/C=C\C/C=C\C/C=C\CCCC(=O)C(F)(F)F)c1cc2ccc(O)cc2oc1=O. The van der Waals surface area contributed by atoms with E-state index >= 15 is 0 Å². The number of unbranched alkanes of at least 4 members (excludes halogenated alkanes) is 2. The van der Waals surface area contributed by atoms with Gasteiger partial charge in [0, 0.05) is 24.4 Å². The molecule has 1 aromatic heterocycles. The molecule has 0 fully saturated rings. The van der Waals surface area contributed by atoms with Gasteiger partial charge in [-0.05, 0) is 63.1 Å². The number of hydrogen-bond donors (Lipinski definition) is 2. The summed E-state index contributed by atoms with van der Waals surface area (Å²) in [4.78, 5) is 35.1. The number of carbonyl (C=O) groups is 2. The minimum atomic E-state index is -4.73. The highest BCUT2D eigenvalue weighted by atomic mass is 19.4. The van der Waals surface area contributed by atoms with Crippen LogP contribution in [0.4, 0.5) is 13.2 Å². The topological polar surface area (TPSA) is 96.6 Å². The summed E-state index contributed by atoms with van der Waals surface area (Å²) in [7, 11) is 0. The molecule has 0 atom stereocenters. The molecule has 0 saturated heterocycles. The Bertz CT molecular complexity index is 1240. The molecule has 6 nitrogen and oxygen atoms in total. The van der Waals surface area contributed by atoms with E-state index in [-0.39, 0.29) is 23.3 Å². The molecule has 1 amide bonds. The van der Waals surface area contributed by atoms with Crippen LogP contribution in [0.25, 0.3) is 11.0 Å². The zero-order valence-electron chi connectivity index (χ0n) is 21.0. The zero-order chi connectivity index (χ0) is 27.8. The Kier molecular flexibility index (Phi) is 12.8. The average molecular weight is 532 g/mol. The number of phenols is 1. The van der Waals surface area contributed by atoms with Gasteiger partial charge in [-0.1, -0.05) is 48.6 Å². The number of carbonyl (C=O) groups excluding carboxylic acids is 2. The van der Waals surface area contributed by atoms with Gasteiger partial charge in [-0.3, -0.25) is 9.59 Å². The van der Waals surface area contributed by atoms with Crippen molar-refractivity contribution in [2.24, 2.45) is 0 Å². The molecule has 38 heavy (non-hydrogen) atoms. The van der Waals surface area contributed by atoms with E-state index in [1.54, 1.807) is 12.1 Å². The maximum absolute atomic E-state index is 12.3. The van der Waals surface area contributed by atoms with E-state index in [1.807, 2.05) is 42.5 Å². The number of ketones is 1. The van der Waals surface area contributed by atoms with Crippen LogP contribution in [0.3, 0.4) is 0 Å². The monoisotopic (exact) mass is 531 g/mol. The molecular formula is C29H32F3NO5. The van der Waals surface area contributed by atoms with Crippen molar-refractivity contribution in [3.8, 4) is 5.75 Å². The second kappa shape index (κ2) is 16.1. The maximum Gasteiger partial charge on any atom is 0.449 e. The minimum Gasteiger partial charge on any atom is -0.508 e. The Hall–Kier alpha value is -3.88. The van der Waals surface area contributed by atoms with E-state index in [1.165, 1.54) is 18.2 Å². The molecule has 0 aliphatic carbocycles. The molecule has 0 aliphatic heterocycles. The Balaban J connectivity index is 1.52. The van der Waals surface area contributed by atoms with E-state index in [9.17, 15) is 32.7 Å². The molecule has 0 aliphatic rings. The summed E-state index contributed by atoms with van der Waals surface area (Å²) in [5, 5.41) is 12.7. The number of benzene rings is 1. The fourth-order valence-electron chi connectivity index (χ4n) is 3.35. The van der Waals surface area contributed by atoms with Gasteiger partial charge in [0.15, 0.2) is 0 Å². The van der Waals surface area contributed by atoms with Crippen molar-refractivity contribution < 1.29 is 32.3 Å². The number of amides is 1. The van der Waals surface area contributed by atoms with Crippen molar-refractivity contribution in [2.75, 3.05) is 6.54 Å². The molecule has 0 unspecified atom stereocenters. The lowest BCUT2D eigenvalue weighted by molar-refractivity contribution is -0.171. The Morgan fingerprint density at radius 3 is 2.05 bits per heavy atom. The van der Waals surface area contributed by atoms with E-state index in [2.05, 4.69) is 5.32 Å². The predicted molar refractivity (Wildman–Crippen MR) is 141 cm³/mol. The predicted octanol–water partition coefficient (Wildman–Crippen LogP) is 6.71. The van der Waals surface area contributed by atoms with E-state index in [0.29, 0.717) is 31.2 Å². The van der Waals surface area contributed by atoms with Crippen LogP contribution in [0.1, 0.15) is 61.7 Å². The van der Waals surface area contributed by atoms with Crippen LogP contribution in [-0.2, 0) is 4.79 Å². The number of alkyl halides is 3. The third-order valence-electron chi connectivity index (χ3n) is 5.37. The lowest BCUT2D eigenvalue weighted by Gasteiger charge is -2.04. The van der Waals surface area contributed by atoms with Crippen LogP contribution in [0.5, 0.6) is 5.75 Å². The van der Waals surface area contributed by atoms with Gasteiger partial charge < -0.3 is 14.8 Å². The number of phenolic OH excluding ortho intramolecular Hbond substituents is 1. The van der Waals surface area contributed by atoms with Crippen molar-refractivity contribution in [3.63, 3.8) is 0 Å². The van der Waals surface area contributed by atoms with Gasteiger partial charge in [-0.15, -0.1) is 0 Å². The van der Waals surface area contributed by atoms with Gasteiger partial charge in [-0.25, -0.2) is 4.79 Å². The first-order chi connectivity index (χ1) is 18.2. The van der Waals surface area contributed by atoms with Gasteiger partial charge in [0.1, 0.15) is 16.9 Å². The molecule has 0 saturated carbocycles. The van der Waals surface area contributed by atoms with Crippen LogP contribution in [0.2, 0.25) is 0 Å². The molecule has 1 aromatic carbocycles. The van der Waals surface area contributed by atoms with Crippen LogP contribution in [-0.4, -0.2) is 29.5 Å². The molecular weight excluding hydrogens is 499 g/mol. The number of allylic oxidation sites excluding steroid dienone is 8. The molecule has 1 heterocycles. The molecule has 2 N–H and O–H groups in total. The molecule has 9 heteroatoms. The average Bonchev–Trinajstić information content (AvgIpc) is 2.86. The summed E-state index contributed by atoms with van der Waals surface area (Å²) in [6.07, 6.45) is 14.9. The normalized spacial score (nSPS) is 12.5. The summed E-state index contributed by atoms with van der Waals surface area (Å²) >= 11 is 0. The third-order valence-corrected chi connectivity index (χ3v) is 5.37. The van der Waals surface area contributed by atoms with Gasteiger partial charge >= 0.3 is 11.8 Å². The van der Waals surface area contributed by atoms with Crippen LogP contribution in [0, 0.1) is 0 Å². The lowest BCUT2D eigenvalue weighted by Crippen LogP contribution is -2.29. The van der Waals surface area contributed by atoms with Crippen LogP contribution < -0.4 is 10.9 Å². The van der Waals surface area contributed by atoms with Crippen molar-refractivity contribution in [1.29, 1.82) is 0 Å². The largest absolute Gasteiger partial charge is 0.508 e. The fraction of sp³-hybridized carbons (Fsp3) is 0.345. The summed E-state index contributed by atoms with van der Waals surface area (Å²) in [6.45, 7) is 0.414. The lowest BCUT2D eigenvalue weighted by atomic mass is 10.1. The summed E-state index contributed by atoms with van der Waals surface area (Å²) in [5.41, 5.74) is -0.615. The standard InChI is InChI=1S/C29H32F3NO5/c30-29(31,32)26(35)16-14-12-10-8-6-4-2-1-3-5-7-9-11-13-15-19-33-27(36)24-20-22-17-18-23(34)21-25(22)38-28(24)37/h2-5,8-11,17-18,20-21,34H,1,6-7,12-16,19H2,(H,33,36)/b4-2-,5-3-,10-8-,11-9-. The fourth-order valence-corrected chi connectivity index (χ4v) is 3.35. The smallest absolute Gasteiger partial charge is 0.449 e. The van der Waals surface area contributed by atoms with Crippen LogP contribution >= 0.6 is 0 Å². The number of fused-ring (bicyclic) bond motifs is 1. The summed E-state index contributed by atoms with van der Waals surface area (Å²) < 4.78 is 41.3. The first kappa shape index (κ1) is 30.3. The van der Waals surface area contributed by atoms with Gasteiger partial charge in [-0.2, -0.15) is 13.2 Å². The molecule has 0 radical (unpaired) electrons. The number of halogens is 3. The first-order valence-electron chi connectivity index (χ1n) is 12.4. The Labute approximate surface area is 219 Å². The molecule has 2 rings (SSSR count). The van der Waals surface area contributed by atoms with Crippen molar-refractivity contribution in [1.82, 2.24) is 5.32 Å². The number of rotatable bonds is 15. The van der Waals surface area contributed by atoms with Gasteiger partial charge in [0.25, 0.3) is 5.91 Å². The van der Waals surface area contributed by atoms with E-state index in [0.717, 1.165) is 19.3 Å². The number of hydrogen-bond acceptors (Lipinski definition) is 5. The van der Waals surface area contributed by atoms with Gasteiger partial charge in [0.05, 0.1) is 0 Å². The quantitative estimate of drug-likeness (QED) is 0.151. The molecule has 2 aromatic rings. The Morgan fingerprint density at radius 1 is 0.868 bits per heavy atom. The highest BCUT2D eigenvalue weighted by molar-refractivity contribution is 5.96. The summed E-state index contributed by atoms with van der Waals surface area (Å²) in [6, 6.07) is 5.79. The number of nitrogens with one attached hydrogen (secondary N) is 1.